The van der Waals surface area contributed by atoms with Gasteiger partial charge in [0.05, 0.1) is 12.2 Å². The lowest BCUT2D eigenvalue weighted by Crippen LogP contribution is -2.30. The van der Waals surface area contributed by atoms with Crippen LogP contribution in [0.2, 0.25) is 0 Å². The number of benzene rings is 1. The number of halogens is 2. The van der Waals surface area contributed by atoms with Gasteiger partial charge in [-0.1, -0.05) is 30.3 Å². The second-order valence-electron chi connectivity index (χ2n) is 3.95. The SMILES string of the molecule is O=C(NC(CCl)c1ccccc1)c1ccc(F)cn1. The lowest BCUT2D eigenvalue weighted by Gasteiger charge is -2.16. The van der Waals surface area contributed by atoms with E-state index >= 15 is 0 Å². The molecule has 2 rings (SSSR count). The van der Waals surface area contributed by atoms with Crippen LogP contribution in [0.5, 0.6) is 0 Å². The molecule has 0 aliphatic heterocycles. The van der Waals surface area contributed by atoms with Crippen molar-refractivity contribution in [2.24, 2.45) is 0 Å². The van der Waals surface area contributed by atoms with Crippen molar-refractivity contribution in [3.63, 3.8) is 0 Å². The maximum Gasteiger partial charge on any atom is 0.270 e. The minimum absolute atomic E-state index is 0.160. The third-order valence-corrected chi connectivity index (χ3v) is 2.93. The third-order valence-electron chi connectivity index (χ3n) is 2.62. The molecule has 0 radical (unpaired) electrons. The lowest BCUT2D eigenvalue weighted by molar-refractivity contribution is 0.0935. The van der Waals surface area contributed by atoms with E-state index in [0.717, 1.165) is 11.8 Å². The average molecular weight is 279 g/mol. The van der Waals surface area contributed by atoms with Crippen LogP contribution in [-0.4, -0.2) is 16.8 Å². The number of aromatic nitrogens is 1. The van der Waals surface area contributed by atoms with Crippen molar-refractivity contribution in [1.82, 2.24) is 10.3 Å². The van der Waals surface area contributed by atoms with Gasteiger partial charge in [0.25, 0.3) is 5.91 Å². The molecule has 0 bridgehead atoms. The Labute approximate surface area is 115 Å². The van der Waals surface area contributed by atoms with Crippen LogP contribution in [0.4, 0.5) is 4.39 Å². The first kappa shape index (κ1) is 13.5. The average Bonchev–Trinajstić information content (AvgIpc) is 2.46. The largest absolute Gasteiger partial charge is 0.343 e. The number of rotatable bonds is 4. The maximum atomic E-state index is 12.7. The molecule has 2 aromatic rings. The van der Waals surface area contributed by atoms with Gasteiger partial charge < -0.3 is 5.32 Å². The Morgan fingerprint density at radius 2 is 2.00 bits per heavy atom. The van der Waals surface area contributed by atoms with Gasteiger partial charge in [-0.05, 0) is 17.7 Å². The zero-order valence-electron chi connectivity index (χ0n) is 10.0. The van der Waals surface area contributed by atoms with Crippen molar-refractivity contribution in [2.75, 3.05) is 5.88 Å². The van der Waals surface area contributed by atoms with E-state index in [1.54, 1.807) is 0 Å². The summed E-state index contributed by atoms with van der Waals surface area (Å²) in [6.45, 7) is 0. The molecule has 19 heavy (non-hydrogen) atoms. The number of pyridine rings is 1. The van der Waals surface area contributed by atoms with Crippen LogP contribution in [0.15, 0.2) is 48.7 Å². The number of nitrogens with zero attached hydrogens (tertiary/aromatic N) is 1. The number of carbonyl (C=O) groups excluding carboxylic acids is 1. The number of hydrogen-bond acceptors (Lipinski definition) is 2. The first-order chi connectivity index (χ1) is 9.20. The minimum Gasteiger partial charge on any atom is -0.343 e. The van der Waals surface area contributed by atoms with E-state index in [2.05, 4.69) is 10.3 Å². The van der Waals surface area contributed by atoms with Crippen molar-refractivity contribution < 1.29 is 9.18 Å². The summed E-state index contributed by atoms with van der Waals surface area (Å²) in [5.74, 6) is -0.611. The molecule has 1 heterocycles. The van der Waals surface area contributed by atoms with E-state index in [1.807, 2.05) is 30.3 Å². The monoisotopic (exact) mass is 278 g/mol. The van der Waals surface area contributed by atoms with Crippen molar-refractivity contribution in [3.05, 3.63) is 65.7 Å². The maximum absolute atomic E-state index is 12.7. The van der Waals surface area contributed by atoms with Crippen molar-refractivity contribution >= 4 is 17.5 Å². The summed E-state index contributed by atoms with van der Waals surface area (Å²) in [6.07, 6.45) is 1.01. The molecule has 0 saturated heterocycles. The Kier molecular flexibility index (Phi) is 4.47. The number of alkyl halides is 1. The molecule has 1 aromatic heterocycles. The molecule has 1 atom stereocenters. The van der Waals surface area contributed by atoms with Crippen LogP contribution < -0.4 is 5.32 Å². The van der Waals surface area contributed by atoms with Crippen LogP contribution in [0, 0.1) is 5.82 Å². The van der Waals surface area contributed by atoms with Crippen LogP contribution in [0.1, 0.15) is 22.1 Å². The molecule has 0 aliphatic carbocycles. The summed E-state index contributed by atoms with van der Waals surface area (Å²) in [7, 11) is 0. The number of hydrogen-bond donors (Lipinski definition) is 1. The Morgan fingerprint density at radius 3 is 2.58 bits per heavy atom. The molecule has 1 aromatic carbocycles. The molecule has 0 spiro atoms. The first-order valence-electron chi connectivity index (χ1n) is 5.74. The van der Waals surface area contributed by atoms with Gasteiger partial charge in [0.1, 0.15) is 11.5 Å². The van der Waals surface area contributed by atoms with E-state index in [1.165, 1.54) is 12.1 Å². The molecule has 0 aliphatic rings. The van der Waals surface area contributed by atoms with E-state index in [-0.39, 0.29) is 23.5 Å². The molecule has 0 fully saturated rings. The highest BCUT2D eigenvalue weighted by atomic mass is 35.5. The van der Waals surface area contributed by atoms with Crippen molar-refractivity contribution in [2.45, 2.75) is 6.04 Å². The molecule has 0 saturated carbocycles. The minimum atomic E-state index is -0.478. The number of carbonyl (C=O) groups is 1. The van der Waals surface area contributed by atoms with E-state index in [9.17, 15) is 9.18 Å². The third kappa shape index (κ3) is 3.51. The Balaban J connectivity index is 2.10. The molecule has 1 unspecified atom stereocenters. The topological polar surface area (TPSA) is 42.0 Å². The summed E-state index contributed by atoms with van der Waals surface area (Å²) in [6, 6.07) is 11.6. The van der Waals surface area contributed by atoms with Gasteiger partial charge in [-0.2, -0.15) is 0 Å². The lowest BCUT2D eigenvalue weighted by atomic mass is 10.1. The molecule has 1 amide bonds. The normalized spacial score (nSPS) is 11.9. The molecule has 5 heteroatoms. The van der Waals surface area contributed by atoms with Gasteiger partial charge in [0.15, 0.2) is 0 Å². The zero-order chi connectivity index (χ0) is 13.7. The molecule has 98 valence electrons. The summed E-state index contributed by atoms with van der Waals surface area (Å²) in [4.78, 5) is 15.7. The number of amides is 1. The first-order valence-corrected chi connectivity index (χ1v) is 6.27. The van der Waals surface area contributed by atoms with Gasteiger partial charge in [-0.15, -0.1) is 11.6 Å². The van der Waals surface area contributed by atoms with Gasteiger partial charge in [0.2, 0.25) is 0 Å². The van der Waals surface area contributed by atoms with E-state index in [0.29, 0.717) is 0 Å². The molecular formula is C14H12ClFN2O. The van der Waals surface area contributed by atoms with Gasteiger partial charge in [-0.25, -0.2) is 9.37 Å². The van der Waals surface area contributed by atoms with Crippen LogP contribution in [0.3, 0.4) is 0 Å². The second-order valence-corrected chi connectivity index (χ2v) is 4.26. The zero-order valence-corrected chi connectivity index (χ0v) is 10.8. The predicted octanol–water partition coefficient (Wildman–Crippen LogP) is 2.93. The highest BCUT2D eigenvalue weighted by Crippen LogP contribution is 2.14. The summed E-state index contributed by atoms with van der Waals surface area (Å²) in [5, 5.41) is 2.76. The van der Waals surface area contributed by atoms with E-state index < -0.39 is 5.82 Å². The molecule has 1 N–H and O–H groups in total. The summed E-state index contributed by atoms with van der Waals surface area (Å²) >= 11 is 5.86. The predicted molar refractivity (Wildman–Crippen MR) is 71.6 cm³/mol. The van der Waals surface area contributed by atoms with Crippen LogP contribution in [-0.2, 0) is 0 Å². The Bertz CT molecular complexity index is 545. The number of nitrogens with one attached hydrogen (secondary N) is 1. The molecule has 3 nitrogen and oxygen atoms in total. The fourth-order valence-electron chi connectivity index (χ4n) is 1.64. The standard InChI is InChI=1S/C14H12ClFN2O/c15-8-13(10-4-2-1-3-5-10)18-14(19)12-7-6-11(16)9-17-12/h1-7,9,13H,8H2,(H,18,19). The van der Waals surface area contributed by atoms with Crippen LogP contribution >= 0.6 is 11.6 Å². The summed E-state index contributed by atoms with van der Waals surface area (Å²) < 4.78 is 12.7. The van der Waals surface area contributed by atoms with Gasteiger partial charge in [0, 0.05) is 5.88 Å². The highest BCUT2D eigenvalue weighted by molar-refractivity contribution is 6.18. The van der Waals surface area contributed by atoms with E-state index in [4.69, 9.17) is 11.6 Å². The van der Waals surface area contributed by atoms with Crippen molar-refractivity contribution in [1.29, 1.82) is 0 Å². The highest BCUT2D eigenvalue weighted by Gasteiger charge is 2.15. The second kappa shape index (κ2) is 6.29. The Morgan fingerprint density at radius 1 is 1.26 bits per heavy atom. The van der Waals surface area contributed by atoms with Crippen molar-refractivity contribution in [3.8, 4) is 0 Å². The molecular weight excluding hydrogens is 267 g/mol. The smallest absolute Gasteiger partial charge is 0.270 e. The fourth-order valence-corrected chi connectivity index (χ4v) is 1.89. The van der Waals surface area contributed by atoms with Crippen LogP contribution in [0.25, 0.3) is 0 Å². The van der Waals surface area contributed by atoms with Gasteiger partial charge in [-0.3, -0.25) is 4.79 Å². The fraction of sp³-hybridized carbons (Fsp3) is 0.143. The quantitative estimate of drug-likeness (QED) is 0.874. The Hall–Kier alpha value is -1.94. The van der Waals surface area contributed by atoms with Gasteiger partial charge >= 0.3 is 0 Å². The summed E-state index contributed by atoms with van der Waals surface area (Å²) in [5.41, 5.74) is 1.07.